The maximum Gasteiger partial charge on any atom is 0.621 e. The summed E-state index contributed by atoms with van der Waals surface area (Å²) in [4.78, 5) is 22.4. The molecule has 0 amide bonds. The summed E-state index contributed by atoms with van der Waals surface area (Å²) in [6.45, 7) is 6.16. The van der Waals surface area contributed by atoms with E-state index >= 15 is 0 Å². The number of rotatable bonds is 13. The average Bonchev–Trinajstić information content (AvgIpc) is 2.46. The van der Waals surface area contributed by atoms with Crippen LogP contribution in [0, 0.1) is 0 Å². The Hall–Kier alpha value is -1.22. The van der Waals surface area contributed by atoms with Crippen LogP contribution in [-0.2, 0) is 22.8 Å². The van der Waals surface area contributed by atoms with Crippen molar-refractivity contribution in [2.75, 3.05) is 26.4 Å². The van der Waals surface area contributed by atoms with Crippen molar-refractivity contribution < 1.29 is 32.7 Å². The molecule has 0 saturated carbocycles. The highest BCUT2D eigenvalue weighted by atomic mass is 28.4. The van der Waals surface area contributed by atoms with Crippen molar-refractivity contribution in [1.82, 2.24) is 0 Å². The van der Waals surface area contributed by atoms with Crippen LogP contribution in [0.2, 0.25) is 0 Å². The lowest BCUT2D eigenvalue weighted by Gasteiger charge is -2.24. The Bertz CT molecular complexity index is 351. The number of unbranched alkanes of at least 4 members (excludes halogenated alkanes) is 2. The third kappa shape index (κ3) is 8.28. The molecule has 128 valence electrons. The van der Waals surface area contributed by atoms with Crippen LogP contribution >= 0.6 is 0 Å². The molecule has 1 N–H and O–H groups in total. The normalized spacial score (nSPS) is 11.8. The van der Waals surface area contributed by atoms with Gasteiger partial charge in [0, 0.05) is 25.9 Å². The second-order valence-corrected chi connectivity index (χ2v) is 6.71. The standard InChI is InChI=1S/C14H26O7Si/c1-4-10-13(15)18-11-8-7-9-12-21-22(14(16)17,19-5-2)20-6-3/h4,10H,5-9,11-12H2,1-3H3,(H,16,17). The van der Waals surface area contributed by atoms with Crippen molar-refractivity contribution in [1.29, 1.82) is 0 Å². The van der Waals surface area contributed by atoms with Crippen molar-refractivity contribution in [3.63, 3.8) is 0 Å². The smallest absolute Gasteiger partial charge is 0.479 e. The Morgan fingerprint density at radius 1 is 1.00 bits per heavy atom. The largest absolute Gasteiger partial charge is 0.621 e. The Morgan fingerprint density at radius 2 is 1.59 bits per heavy atom. The molecule has 0 heterocycles. The van der Waals surface area contributed by atoms with Crippen LogP contribution in [0.15, 0.2) is 12.2 Å². The van der Waals surface area contributed by atoms with Gasteiger partial charge in [0.1, 0.15) is 0 Å². The predicted octanol–water partition coefficient (Wildman–Crippen LogP) is 2.56. The van der Waals surface area contributed by atoms with Gasteiger partial charge in [-0.05, 0) is 40.0 Å². The number of carbonyl (C=O) groups is 2. The molecule has 0 rings (SSSR count). The number of carboxylic acid groups (broad SMARTS) is 1. The van der Waals surface area contributed by atoms with Crippen LogP contribution in [0.25, 0.3) is 0 Å². The fourth-order valence-corrected chi connectivity index (χ4v) is 3.43. The Labute approximate surface area is 132 Å². The second-order valence-electron chi connectivity index (χ2n) is 4.30. The highest BCUT2D eigenvalue weighted by Crippen LogP contribution is 2.12. The van der Waals surface area contributed by atoms with Gasteiger partial charge in [-0.3, -0.25) is 0 Å². The molecule has 0 radical (unpaired) electrons. The maximum absolute atomic E-state index is 11.3. The van der Waals surface area contributed by atoms with Gasteiger partial charge in [-0.1, -0.05) is 6.08 Å². The summed E-state index contributed by atoms with van der Waals surface area (Å²) in [5.41, 5.74) is -1.17. The van der Waals surface area contributed by atoms with E-state index in [0.717, 1.165) is 6.42 Å². The molecule has 0 aliphatic rings. The second kappa shape index (κ2) is 12.3. The lowest BCUT2D eigenvalue weighted by molar-refractivity contribution is -0.137. The van der Waals surface area contributed by atoms with Gasteiger partial charge in [-0.25, -0.2) is 9.59 Å². The Morgan fingerprint density at radius 3 is 2.09 bits per heavy atom. The quantitative estimate of drug-likeness (QED) is 0.239. The first kappa shape index (κ1) is 20.8. The molecule has 0 bridgehead atoms. The number of hydrogen-bond donors (Lipinski definition) is 1. The van der Waals surface area contributed by atoms with E-state index in [4.69, 9.17) is 18.0 Å². The van der Waals surface area contributed by atoms with Crippen molar-refractivity contribution in [3.8, 4) is 0 Å². The van der Waals surface area contributed by atoms with Crippen molar-refractivity contribution >= 4 is 20.4 Å². The highest BCUT2D eigenvalue weighted by molar-refractivity contribution is 6.90. The molecule has 0 fully saturated rings. The van der Waals surface area contributed by atoms with Gasteiger partial charge in [0.15, 0.2) is 0 Å². The van der Waals surface area contributed by atoms with Crippen LogP contribution in [0.3, 0.4) is 0 Å². The van der Waals surface area contributed by atoms with Crippen molar-refractivity contribution in [2.24, 2.45) is 0 Å². The summed E-state index contributed by atoms with van der Waals surface area (Å²) in [5.74, 6) is -0.358. The molecule has 0 spiro atoms. The highest BCUT2D eigenvalue weighted by Gasteiger charge is 2.51. The Kier molecular flexibility index (Phi) is 11.6. The first-order chi connectivity index (χ1) is 10.5. The number of esters is 1. The van der Waals surface area contributed by atoms with Gasteiger partial charge in [-0.15, -0.1) is 0 Å². The van der Waals surface area contributed by atoms with E-state index in [2.05, 4.69) is 0 Å². The summed E-state index contributed by atoms with van der Waals surface area (Å²) < 4.78 is 20.8. The lowest BCUT2D eigenvalue weighted by Crippen LogP contribution is -2.53. The van der Waals surface area contributed by atoms with E-state index in [1.54, 1.807) is 26.8 Å². The first-order valence-electron chi connectivity index (χ1n) is 7.47. The molecule has 0 aliphatic carbocycles. The molecule has 0 aliphatic heterocycles. The van der Waals surface area contributed by atoms with E-state index in [9.17, 15) is 14.7 Å². The van der Waals surface area contributed by atoms with Gasteiger partial charge in [0.05, 0.1) is 6.61 Å². The first-order valence-corrected chi connectivity index (χ1v) is 9.19. The van der Waals surface area contributed by atoms with Crippen LogP contribution < -0.4 is 0 Å². The number of hydrogen-bond acceptors (Lipinski definition) is 6. The van der Waals surface area contributed by atoms with Crippen LogP contribution in [0.4, 0.5) is 4.79 Å². The third-order valence-corrected chi connectivity index (χ3v) is 5.00. The SMILES string of the molecule is CC=CC(=O)OCCCCCO[Si](OCC)(OCC)C(=O)O. The minimum Gasteiger partial charge on any atom is -0.479 e. The van der Waals surface area contributed by atoms with Gasteiger partial charge < -0.3 is 23.1 Å². The molecule has 8 heteroatoms. The van der Waals surface area contributed by atoms with E-state index < -0.39 is 14.4 Å². The lowest BCUT2D eigenvalue weighted by atomic mass is 10.2. The molecule has 0 saturated heterocycles. The van der Waals surface area contributed by atoms with Gasteiger partial charge in [0.2, 0.25) is 0 Å². The van der Waals surface area contributed by atoms with Crippen LogP contribution in [-0.4, -0.2) is 51.9 Å². The molecule has 7 nitrogen and oxygen atoms in total. The zero-order chi connectivity index (χ0) is 16.8. The molecule has 22 heavy (non-hydrogen) atoms. The number of carbonyl (C=O) groups excluding carboxylic acids is 1. The number of allylic oxidation sites excluding steroid dienone is 1. The third-order valence-electron chi connectivity index (χ3n) is 2.56. The van der Waals surface area contributed by atoms with E-state index in [1.165, 1.54) is 6.08 Å². The molecule has 0 aromatic rings. The molecular weight excluding hydrogens is 308 g/mol. The summed E-state index contributed by atoms with van der Waals surface area (Å²) in [6.07, 6.45) is 5.07. The predicted molar refractivity (Wildman–Crippen MR) is 82.6 cm³/mol. The fourth-order valence-electron chi connectivity index (χ4n) is 1.63. The average molecular weight is 334 g/mol. The zero-order valence-corrected chi connectivity index (χ0v) is 14.5. The molecule has 0 aromatic carbocycles. The fraction of sp³-hybridized carbons (Fsp3) is 0.714. The number of ether oxygens (including phenoxy) is 1. The Balaban J connectivity index is 3.99. The van der Waals surface area contributed by atoms with E-state index in [0.29, 0.717) is 19.4 Å². The summed E-state index contributed by atoms with van der Waals surface area (Å²) in [7, 11) is -3.65. The maximum atomic E-state index is 11.3. The topological polar surface area (TPSA) is 91.3 Å². The minimum atomic E-state index is -3.65. The van der Waals surface area contributed by atoms with Crippen LogP contribution in [0.5, 0.6) is 0 Å². The van der Waals surface area contributed by atoms with Crippen molar-refractivity contribution in [3.05, 3.63) is 12.2 Å². The summed E-state index contributed by atoms with van der Waals surface area (Å²) in [6, 6.07) is 0. The monoisotopic (exact) mass is 334 g/mol. The van der Waals surface area contributed by atoms with Gasteiger partial charge in [0.25, 0.3) is 0 Å². The summed E-state index contributed by atoms with van der Waals surface area (Å²) in [5, 5.41) is 9.26. The molecule has 0 atom stereocenters. The molecule has 0 unspecified atom stereocenters. The van der Waals surface area contributed by atoms with Gasteiger partial charge in [-0.2, -0.15) is 0 Å². The minimum absolute atomic E-state index is 0.222. The zero-order valence-electron chi connectivity index (χ0n) is 13.5. The van der Waals surface area contributed by atoms with Crippen LogP contribution in [0.1, 0.15) is 40.0 Å². The van der Waals surface area contributed by atoms with Gasteiger partial charge >= 0.3 is 20.4 Å². The van der Waals surface area contributed by atoms with E-state index in [1.807, 2.05) is 0 Å². The van der Waals surface area contributed by atoms with E-state index in [-0.39, 0.29) is 25.8 Å². The molecule has 0 aromatic heterocycles. The van der Waals surface area contributed by atoms with Crippen molar-refractivity contribution in [2.45, 2.75) is 40.0 Å². The molecular formula is C14H26O7Si. The summed E-state index contributed by atoms with van der Waals surface area (Å²) >= 11 is 0.